The Balaban J connectivity index is 1.90. The molecule has 1 saturated heterocycles. The molecule has 1 aliphatic heterocycles. The van der Waals surface area contributed by atoms with Crippen molar-refractivity contribution in [1.82, 2.24) is 9.80 Å². The van der Waals surface area contributed by atoms with E-state index < -0.39 is 0 Å². The van der Waals surface area contributed by atoms with E-state index in [4.69, 9.17) is 9.47 Å². The lowest BCUT2D eigenvalue weighted by molar-refractivity contribution is -0.148. The van der Waals surface area contributed by atoms with E-state index in [9.17, 15) is 9.59 Å². The standard InChI is InChI=1S/C27H36N2O4/c1-4-32-26(30)16-24-19-28(18-22-12-8-6-9-13-22)20-25(17-27(31)33-5-2)29(24)21(3)23-14-10-7-11-15-23/h6-15,21,24-25H,4-5,16-20H2,1-3H3/t21-,24?,25?/m1/s1. The fourth-order valence-electron chi connectivity index (χ4n) is 4.83. The highest BCUT2D eigenvalue weighted by molar-refractivity contribution is 5.71. The maximum atomic E-state index is 12.6. The van der Waals surface area contributed by atoms with Crippen LogP contribution in [0, 0.1) is 0 Å². The Bertz CT molecular complexity index is 844. The molecule has 0 aromatic heterocycles. The Labute approximate surface area is 197 Å². The largest absolute Gasteiger partial charge is 0.466 e. The van der Waals surface area contributed by atoms with Gasteiger partial charge in [-0.1, -0.05) is 60.7 Å². The first-order valence-corrected chi connectivity index (χ1v) is 11.9. The molecule has 1 aliphatic rings. The van der Waals surface area contributed by atoms with Gasteiger partial charge in [-0.15, -0.1) is 0 Å². The molecule has 6 nitrogen and oxygen atoms in total. The average molecular weight is 453 g/mol. The summed E-state index contributed by atoms with van der Waals surface area (Å²) < 4.78 is 10.6. The van der Waals surface area contributed by atoms with Gasteiger partial charge in [0.25, 0.3) is 0 Å². The number of carbonyl (C=O) groups excluding carboxylic acids is 2. The highest BCUT2D eigenvalue weighted by atomic mass is 16.5. The van der Waals surface area contributed by atoms with Crippen molar-refractivity contribution in [1.29, 1.82) is 0 Å². The van der Waals surface area contributed by atoms with Crippen LogP contribution in [0.2, 0.25) is 0 Å². The second-order valence-electron chi connectivity index (χ2n) is 8.54. The Morgan fingerprint density at radius 1 is 0.848 bits per heavy atom. The summed E-state index contributed by atoms with van der Waals surface area (Å²) in [4.78, 5) is 29.8. The number of rotatable bonds is 10. The molecule has 0 radical (unpaired) electrons. The molecule has 0 bridgehead atoms. The molecule has 2 aromatic rings. The molecule has 0 N–H and O–H groups in total. The maximum absolute atomic E-state index is 12.6. The summed E-state index contributed by atoms with van der Waals surface area (Å²) in [5.41, 5.74) is 2.38. The lowest BCUT2D eigenvalue weighted by atomic mass is 9.94. The monoisotopic (exact) mass is 452 g/mol. The SMILES string of the molecule is CCOC(=O)CC1CN(Cc2ccccc2)CC(CC(=O)OCC)N1[C@H](C)c1ccccc1. The number of benzene rings is 2. The molecule has 0 spiro atoms. The summed E-state index contributed by atoms with van der Waals surface area (Å²) in [6.45, 7) is 8.75. The van der Waals surface area contributed by atoms with Crippen LogP contribution in [0.1, 0.15) is 50.8 Å². The van der Waals surface area contributed by atoms with Crippen LogP contribution in [-0.2, 0) is 25.6 Å². The number of hydrogen-bond acceptors (Lipinski definition) is 6. The summed E-state index contributed by atoms with van der Waals surface area (Å²) in [6.07, 6.45) is 0.575. The number of nitrogens with zero attached hydrogens (tertiary/aromatic N) is 2. The molecule has 1 fully saturated rings. The smallest absolute Gasteiger partial charge is 0.307 e. The number of carbonyl (C=O) groups is 2. The average Bonchev–Trinajstić information content (AvgIpc) is 2.80. The minimum atomic E-state index is -0.204. The Hall–Kier alpha value is -2.70. The summed E-state index contributed by atoms with van der Waals surface area (Å²) in [5, 5.41) is 0. The van der Waals surface area contributed by atoms with Crippen LogP contribution in [0.4, 0.5) is 0 Å². The van der Waals surface area contributed by atoms with Gasteiger partial charge in [0.2, 0.25) is 0 Å². The third-order valence-corrected chi connectivity index (χ3v) is 6.17. The molecule has 3 atom stereocenters. The number of esters is 2. The Kier molecular flexibility index (Phi) is 9.46. The van der Waals surface area contributed by atoms with Crippen LogP contribution in [0.3, 0.4) is 0 Å². The zero-order valence-electron chi connectivity index (χ0n) is 20.0. The fourth-order valence-corrected chi connectivity index (χ4v) is 4.83. The summed E-state index contributed by atoms with van der Waals surface area (Å²) in [5.74, 6) is -0.409. The van der Waals surface area contributed by atoms with E-state index in [1.165, 1.54) is 5.56 Å². The van der Waals surface area contributed by atoms with Crippen molar-refractivity contribution in [2.75, 3.05) is 26.3 Å². The van der Waals surface area contributed by atoms with Gasteiger partial charge < -0.3 is 9.47 Å². The lowest BCUT2D eigenvalue weighted by Gasteiger charge is -2.49. The van der Waals surface area contributed by atoms with E-state index in [0.29, 0.717) is 13.2 Å². The summed E-state index contributed by atoms with van der Waals surface area (Å²) >= 11 is 0. The Morgan fingerprint density at radius 3 is 1.82 bits per heavy atom. The van der Waals surface area contributed by atoms with Gasteiger partial charge in [0.05, 0.1) is 26.1 Å². The van der Waals surface area contributed by atoms with Crippen molar-refractivity contribution in [3.63, 3.8) is 0 Å². The minimum absolute atomic E-state index is 0.0453. The molecule has 1 heterocycles. The van der Waals surface area contributed by atoms with Crippen molar-refractivity contribution >= 4 is 11.9 Å². The van der Waals surface area contributed by atoms with Crippen molar-refractivity contribution in [3.05, 3.63) is 71.8 Å². The second kappa shape index (κ2) is 12.5. The van der Waals surface area contributed by atoms with E-state index >= 15 is 0 Å². The van der Waals surface area contributed by atoms with Crippen LogP contribution in [-0.4, -0.2) is 60.1 Å². The minimum Gasteiger partial charge on any atom is -0.466 e. The van der Waals surface area contributed by atoms with Crippen molar-refractivity contribution in [3.8, 4) is 0 Å². The molecule has 0 aliphatic carbocycles. The predicted octanol–water partition coefficient (Wildman–Crippen LogP) is 4.21. The summed E-state index contributed by atoms with van der Waals surface area (Å²) in [7, 11) is 0. The fraction of sp³-hybridized carbons (Fsp3) is 0.481. The van der Waals surface area contributed by atoms with Crippen LogP contribution in [0.5, 0.6) is 0 Å². The number of piperazine rings is 1. The molecule has 178 valence electrons. The summed E-state index contributed by atoms with van der Waals surface area (Å²) in [6, 6.07) is 20.5. The highest BCUT2D eigenvalue weighted by Gasteiger charge is 2.40. The van der Waals surface area contributed by atoms with E-state index in [1.807, 2.05) is 50.2 Å². The molecule has 0 amide bonds. The van der Waals surface area contributed by atoms with Crippen LogP contribution < -0.4 is 0 Å². The third-order valence-electron chi connectivity index (χ3n) is 6.17. The van der Waals surface area contributed by atoms with Gasteiger partial charge in [-0.3, -0.25) is 19.4 Å². The zero-order chi connectivity index (χ0) is 23.6. The molecule has 3 rings (SSSR count). The van der Waals surface area contributed by atoms with Crippen LogP contribution >= 0.6 is 0 Å². The first-order chi connectivity index (χ1) is 16.0. The van der Waals surface area contributed by atoms with Gasteiger partial charge in [-0.2, -0.15) is 0 Å². The first kappa shape index (κ1) is 24.9. The van der Waals surface area contributed by atoms with Crippen LogP contribution in [0.15, 0.2) is 60.7 Å². The van der Waals surface area contributed by atoms with Crippen molar-refractivity contribution in [2.45, 2.75) is 58.3 Å². The van der Waals surface area contributed by atoms with E-state index in [2.05, 4.69) is 41.0 Å². The topological polar surface area (TPSA) is 59.1 Å². The highest BCUT2D eigenvalue weighted by Crippen LogP contribution is 2.32. The van der Waals surface area contributed by atoms with Crippen LogP contribution in [0.25, 0.3) is 0 Å². The second-order valence-corrected chi connectivity index (χ2v) is 8.54. The van der Waals surface area contributed by atoms with Crippen molar-refractivity contribution < 1.29 is 19.1 Å². The predicted molar refractivity (Wildman–Crippen MR) is 128 cm³/mol. The van der Waals surface area contributed by atoms with Gasteiger partial charge in [0.15, 0.2) is 0 Å². The van der Waals surface area contributed by atoms with Crippen molar-refractivity contribution in [2.24, 2.45) is 0 Å². The van der Waals surface area contributed by atoms with Gasteiger partial charge in [-0.25, -0.2) is 0 Å². The van der Waals surface area contributed by atoms with E-state index in [-0.39, 0.29) is 42.9 Å². The maximum Gasteiger partial charge on any atom is 0.307 e. The number of hydrogen-bond donors (Lipinski definition) is 0. The number of ether oxygens (including phenoxy) is 2. The first-order valence-electron chi connectivity index (χ1n) is 11.9. The lowest BCUT2D eigenvalue weighted by Crippen LogP contribution is -2.60. The van der Waals surface area contributed by atoms with Gasteiger partial charge in [0.1, 0.15) is 0 Å². The molecule has 0 saturated carbocycles. The molecule has 2 unspecified atom stereocenters. The molecular weight excluding hydrogens is 416 g/mol. The van der Waals surface area contributed by atoms with E-state index in [0.717, 1.165) is 25.2 Å². The van der Waals surface area contributed by atoms with Gasteiger partial charge in [0, 0.05) is 37.8 Å². The van der Waals surface area contributed by atoms with E-state index in [1.54, 1.807) is 0 Å². The third kappa shape index (κ3) is 7.14. The zero-order valence-corrected chi connectivity index (χ0v) is 20.0. The molecule has 2 aromatic carbocycles. The Morgan fingerprint density at radius 2 is 1.33 bits per heavy atom. The molecule has 33 heavy (non-hydrogen) atoms. The normalized spacial score (nSPS) is 20.2. The quantitative estimate of drug-likeness (QED) is 0.504. The van der Waals surface area contributed by atoms with Gasteiger partial charge >= 0.3 is 11.9 Å². The van der Waals surface area contributed by atoms with Gasteiger partial charge in [-0.05, 0) is 31.9 Å². The molecule has 6 heteroatoms. The molecular formula is C27H36N2O4.